The zero-order valence-electron chi connectivity index (χ0n) is 16.3. The second-order valence-electron chi connectivity index (χ2n) is 8.24. The molecule has 1 atom stereocenters. The average Bonchev–Trinajstić information content (AvgIpc) is 3.46. The lowest BCUT2D eigenvalue weighted by Crippen LogP contribution is -2.35. The Bertz CT molecular complexity index is 1000. The van der Waals surface area contributed by atoms with Gasteiger partial charge in [-0.1, -0.05) is 30.3 Å². The topological polar surface area (TPSA) is 45.5 Å². The number of aryl methyl sites for hydroxylation is 1. The fraction of sp³-hybridized carbons (Fsp3) is 0.375. The summed E-state index contributed by atoms with van der Waals surface area (Å²) in [5.74, 6) is 1.15. The Morgan fingerprint density at radius 2 is 1.93 bits per heavy atom. The maximum Gasteiger partial charge on any atom is 0.253 e. The minimum absolute atomic E-state index is 0.0455. The van der Waals surface area contributed by atoms with Crippen LogP contribution in [0.1, 0.15) is 46.5 Å². The van der Waals surface area contributed by atoms with Gasteiger partial charge in [0.25, 0.3) is 5.91 Å². The standard InChI is InChI=1S/C24H26N2O2/c1-26(15-16-5-3-2-4-6-16)24(27)17-7-11-22-20(13-17)21-14-19(25-18-8-9-18)10-12-23(21)28-22/h2-7,11,13,18-19,25H,8-10,12,14-15H2,1H3. The molecule has 0 saturated heterocycles. The van der Waals surface area contributed by atoms with Gasteiger partial charge in [-0.05, 0) is 49.4 Å². The summed E-state index contributed by atoms with van der Waals surface area (Å²) in [6.45, 7) is 0.606. The largest absolute Gasteiger partial charge is 0.461 e. The van der Waals surface area contributed by atoms with Gasteiger partial charge in [-0.3, -0.25) is 4.79 Å². The number of fused-ring (bicyclic) bond motifs is 3. The summed E-state index contributed by atoms with van der Waals surface area (Å²) in [7, 11) is 1.86. The molecule has 1 unspecified atom stereocenters. The molecular weight excluding hydrogens is 348 g/mol. The molecule has 3 aromatic rings. The maximum absolute atomic E-state index is 13.0. The van der Waals surface area contributed by atoms with Gasteiger partial charge in [-0.15, -0.1) is 0 Å². The van der Waals surface area contributed by atoms with E-state index in [1.54, 1.807) is 4.90 Å². The van der Waals surface area contributed by atoms with Gasteiger partial charge < -0.3 is 14.6 Å². The molecule has 5 rings (SSSR count). The van der Waals surface area contributed by atoms with Gasteiger partial charge >= 0.3 is 0 Å². The van der Waals surface area contributed by atoms with E-state index in [1.165, 1.54) is 18.4 Å². The van der Waals surface area contributed by atoms with Gasteiger partial charge in [0.05, 0.1) is 0 Å². The summed E-state index contributed by atoms with van der Waals surface area (Å²) >= 11 is 0. The number of carbonyl (C=O) groups is 1. The minimum atomic E-state index is 0.0455. The molecule has 0 aliphatic heterocycles. The second-order valence-corrected chi connectivity index (χ2v) is 8.24. The van der Waals surface area contributed by atoms with Gasteiger partial charge in [0.15, 0.2) is 0 Å². The van der Waals surface area contributed by atoms with Crippen molar-refractivity contribution >= 4 is 16.9 Å². The van der Waals surface area contributed by atoms with Crippen molar-refractivity contribution in [3.63, 3.8) is 0 Å². The summed E-state index contributed by atoms with van der Waals surface area (Å²) in [5, 5.41) is 4.86. The molecular formula is C24H26N2O2. The number of benzene rings is 2. The van der Waals surface area contributed by atoms with Crippen LogP contribution in [0.5, 0.6) is 0 Å². The van der Waals surface area contributed by atoms with E-state index >= 15 is 0 Å². The van der Waals surface area contributed by atoms with Crippen LogP contribution in [-0.2, 0) is 19.4 Å². The Kier molecular flexibility index (Phi) is 4.44. The van der Waals surface area contributed by atoms with E-state index in [1.807, 2.05) is 55.6 Å². The van der Waals surface area contributed by atoms with Crippen LogP contribution in [0.4, 0.5) is 0 Å². The third-order valence-corrected chi connectivity index (χ3v) is 5.95. The van der Waals surface area contributed by atoms with Gasteiger partial charge in [0.2, 0.25) is 0 Å². The lowest BCUT2D eigenvalue weighted by molar-refractivity contribution is 0.0785. The molecule has 4 nitrogen and oxygen atoms in total. The second kappa shape index (κ2) is 7.10. The summed E-state index contributed by atoms with van der Waals surface area (Å²) in [6, 6.07) is 17.2. The normalized spacial score (nSPS) is 18.8. The molecule has 1 heterocycles. The van der Waals surface area contributed by atoms with Crippen LogP contribution in [0.2, 0.25) is 0 Å². The molecule has 0 spiro atoms. The van der Waals surface area contributed by atoms with Gasteiger partial charge in [-0.2, -0.15) is 0 Å². The molecule has 144 valence electrons. The Labute approximate surface area is 165 Å². The van der Waals surface area contributed by atoms with Crippen LogP contribution in [0.3, 0.4) is 0 Å². The van der Waals surface area contributed by atoms with Crippen LogP contribution in [-0.4, -0.2) is 29.9 Å². The third kappa shape index (κ3) is 3.45. The zero-order valence-corrected chi connectivity index (χ0v) is 16.3. The average molecular weight is 374 g/mol. The van der Waals surface area contributed by atoms with Crippen LogP contribution in [0.25, 0.3) is 11.0 Å². The van der Waals surface area contributed by atoms with E-state index in [2.05, 4.69) is 5.32 Å². The van der Waals surface area contributed by atoms with E-state index in [-0.39, 0.29) is 5.91 Å². The molecule has 2 aromatic carbocycles. The lowest BCUT2D eigenvalue weighted by Gasteiger charge is -2.22. The van der Waals surface area contributed by atoms with E-state index in [0.717, 1.165) is 47.1 Å². The molecule has 28 heavy (non-hydrogen) atoms. The van der Waals surface area contributed by atoms with E-state index in [4.69, 9.17) is 4.42 Å². The van der Waals surface area contributed by atoms with Crippen LogP contribution >= 0.6 is 0 Å². The first-order chi connectivity index (χ1) is 13.7. The molecule has 1 amide bonds. The van der Waals surface area contributed by atoms with E-state index in [9.17, 15) is 4.79 Å². The molecule has 0 radical (unpaired) electrons. The molecule has 4 heteroatoms. The summed E-state index contributed by atoms with van der Waals surface area (Å²) in [6.07, 6.45) is 5.72. The molecule has 0 bridgehead atoms. The summed E-state index contributed by atoms with van der Waals surface area (Å²) in [5.41, 5.74) is 4.06. The first-order valence-corrected chi connectivity index (χ1v) is 10.3. The van der Waals surface area contributed by atoms with Crippen molar-refractivity contribution in [2.24, 2.45) is 0 Å². The molecule has 1 fully saturated rings. The van der Waals surface area contributed by atoms with Crippen molar-refractivity contribution < 1.29 is 9.21 Å². The van der Waals surface area contributed by atoms with E-state index in [0.29, 0.717) is 18.6 Å². The number of hydrogen-bond acceptors (Lipinski definition) is 3. The number of carbonyl (C=O) groups excluding carboxylic acids is 1. The molecule has 2 aliphatic carbocycles. The minimum Gasteiger partial charge on any atom is -0.461 e. The Morgan fingerprint density at radius 1 is 1.11 bits per heavy atom. The number of nitrogens with one attached hydrogen (secondary N) is 1. The third-order valence-electron chi connectivity index (χ3n) is 5.95. The molecule has 1 saturated carbocycles. The first-order valence-electron chi connectivity index (χ1n) is 10.3. The number of amides is 1. The highest BCUT2D eigenvalue weighted by Crippen LogP contribution is 2.34. The molecule has 1 N–H and O–H groups in total. The van der Waals surface area contributed by atoms with Crippen molar-refractivity contribution in [1.29, 1.82) is 0 Å². The van der Waals surface area contributed by atoms with Crippen molar-refractivity contribution in [3.05, 3.63) is 71.0 Å². The van der Waals surface area contributed by atoms with Crippen molar-refractivity contribution in [2.75, 3.05) is 7.05 Å². The highest BCUT2D eigenvalue weighted by Gasteiger charge is 2.29. The number of rotatable bonds is 5. The predicted octanol–water partition coefficient (Wildman–Crippen LogP) is 4.31. The summed E-state index contributed by atoms with van der Waals surface area (Å²) in [4.78, 5) is 14.8. The highest BCUT2D eigenvalue weighted by atomic mass is 16.3. The van der Waals surface area contributed by atoms with Crippen LogP contribution in [0.15, 0.2) is 52.9 Å². The van der Waals surface area contributed by atoms with Gasteiger partial charge in [0, 0.05) is 48.6 Å². The van der Waals surface area contributed by atoms with Crippen LogP contribution < -0.4 is 5.32 Å². The Hall–Kier alpha value is -2.59. The van der Waals surface area contributed by atoms with Crippen molar-refractivity contribution in [1.82, 2.24) is 10.2 Å². The quantitative estimate of drug-likeness (QED) is 0.724. The predicted molar refractivity (Wildman–Crippen MR) is 110 cm³/mol. The lowest BCUT2D eigenvalue weighted by atomic mass is 9.91. The monoisotopic (exact) mass is 374 g/mol. The van der Waals surface area contributed by atoms with E-state index < -0.39 is 0 Å². The fourth-order valence-corrected chi connectivity index (χ4v) is 4.29. The van der Waals surface area contributed by atoms with Crippen LogP contribution in [0, 0.1) is 0 Å². The van der Waals surface area contributed by atoms with Crippen molar-refractivity contribution in [2.45, 2.75) is 50.7 Å². The SMILES string of the molecule is CN(Cc1ccccc1)C(=O)c1ccc2oc3c(c2c1)CC(NC1CC1)CC3. The highest BCUT2D eigenvalue weighted by molar-refractivity contribution is 5.98. The molecule has 1 aromatic heterocycles. The smallest absolute Gasteiger partial charge is 0.253 e. The Morgan fingerprint density at radius 3 is 2.71 bits per heavy atom. The zero-order chi connectivity index (χ0) is 19.1. The Balaban J connectivity index is 1.39. The maximum atomic E-state index is 13.0. The number of hydrogen-bond donors (Lipinski definition) is 1. The fourth-order valence-electron chi connectivity index (χ4n) is 4.29. The van der Waals surface area contributed by atoms with Crippen molar-refractivity contribution in [3.8, 4) is 0 Å². The summed E-state index contributed by atoms with van der Waals surface area (Å²) < 4.78 is 6.10. The first kappa shape index (κ1) is 17.5. The molecule has 2 aliphatic rings. The van der Waals surface area contributed by atoms with Gasteiger partial charge in [0.1, 0.15) is 11.3 Å². The number of furan rings is 1. The number of nitrogens with zero attached hydrogens (tertiary/aromatic N) is 1. The van der Waals surface area contributed by atoms with Gasteiger partial charge in [-0.25, -0.2) is 0 Å².